The number of hydrogen-bond acceptors (Lipinski definition) is 4. The minimum absolute atomic E-state index is 0.213. The van der Waals surface area contributed by atoms with E-state index in [9.17, 15) is 15.0 Å². The van der Waals surface area contributed by atoms with Crippen LogP contribution in [0.3, 0.4) is 0 Å². The molecule has 0 spiro atoms. The molecule has 2 aromatic carbocycles. The second-order valence-corrected chi connectivity index (χ2v) is 7.91. The molecule has 2 aliphatic heterocycles. The molecule has 1 unspecified atom stereocenters. The summed E-state index contributed by atoms with van der Waals surface area (Å²) in [5.41, 5.74) is 0.319. The summed E-state index contributed by atoms with van der Waals surface area (Å²) in [6, 6.07) is 10.7. The molecular formula is C20H20Cl2N2O3. The lowest BCUT2D eigenvalue weighted by atomic mass is 9.87. The van der Waals surface area contributed by atoms with E-state index >= 15 is 0 Å². The van der Waals surface area contributed by atoms with Crippen LogP contribution in [0.25, 0.3) is 0 Å². The molecule has 1 fully saturated rings. The van der Waals surface area contributed by atoms with Gasteiger partial charge in [0.1, 0.15) is 0 Å². The minimum Gasteiger partial charge on any atom is -0.388 e. The molecular weight excluding hydrogens is 387 g/mol. The summed E-state index contributed by atoms with van der Waals surface area (Å²) >= 11 is 12.3. The van der Waals surface area contributed by atoms with Crippen LogP contribution in [0.4, 0.5) is 11.4 Å². The van der Waals surface area contributed by atoms with Crippen molar-refractivity contribution in [3.05, 3.63) is 57.6 Å². The number of benzene rings is 2. The van der Waals surface area contributed by atoms with E-state index < -0.39 is 17.6 Å². The number of rotatable bonds is 4. The third kappa shape index (κ3) is 3.19. The maximum atomic E-state index is 12.5. The summed E-state index contributed by atoms with van der Waals surface area (Å²) < 4.78 is 0. The van der Waals surface area contributed by atoms with Crippen LogP contribution in [-0.4, -0.2) is 29.2 Å². The molecule has 5 nitrogen and oxygen atoms in total. The maximum Gasteiger partial charge on any atom is 0.261 e. The summed E-state index contributed by atoms with van der Waals surface area (Å²) in [7, 11) is 0. The maximum absolute atomic E-state index is 12.5. The number of nitrogens with one attached hydrogen (secondary N) is 1. The summed E-state index contributed by atoms with van der Waals surface area (Å²) in [5.74, 6) is -0.639. The highest BCUT2D eigenvalue weighted by Gasteiger charge is 2.49. The Morgan fingerprint density at radius 2 is 1.70 bits per heavy atom. The van der Waals surface area contributed by atoms with Gasteiger partial charge in [-0.25, -0.2) is 0 Å². The van der Waals surface area contributed by atoms with Crippen molar-refractivity contribution >= 4 is 40.5 Å². The van der Waals surface area contributed by atoms with Gasteiger partial charge < -0.3 is 20.4 Å². The van der Waals surface area contributed by atoms with Crippen LogP contribution in [0.1, 0.15) is 36.5 Å². The van der Waals surface area contributed by atoms with Crippen molar-refractivity contribution in [1.29, 1.82) is 0 Å². The fourth-order valence-electron chi connectivity index (χ4n) is 3.88. The lowest BCUT2D eigenvalue weighted by Gasteiger charge is -2.25. The van der Waals surface area contributed by atoms with E-state index in [2.05, 4.69) is 10.2 Å². The summed E-state index contributed by atoms with van der Waals surface area (Å²) in [4.78, 5) is 14.8. The van der Waals surface area contributed by atoms with Gasteiger partial charge in [0, 0.05) is 35.8 Å². The highest BCUT2D eigenvalue weighted by Crippen LogP contribution is 2.47. The van der Waals surface area contributed by atoms with Gasteiger partial charge in [0.2, 0.25) is 0 Å². The SMILES string of the molecule is O=C1Nc2c(Cl)ccc(Cl)c2[C@]1(O)CC(O)c1ccc(N2CCCC2)cc1. The van der Waals surface area contributed by atoms with Crippen LogP contribution in [0, 0.1) is 0 Å². The van der Waals surface area contributed by atoms with E-state index in [0.717, 1.165) is 18.8 Å². The predicted molar refractivity (Wildman–Crippen MR) is 106 cm³/mol. The van der Waals surface area contributed by atoms with E-state index in [4.69, 9.17) is 23.2 Å². The molecule has 0 aromatic heterocycles. The lowest BCUT2D eigenvalue weighted by Crippen LogP contribution is -2.36. The number of aliphatic hydroxyl groups is 2. The van der Waals surface area contributed by atoms with Crippen molar-refractivity contribution in [1.82, 2.24) is 0 Å². The molecule has 0 saturated carbocycles. The largest absolute Gasteiger partial charge is 0.388 e. The molecule has 7 heteroatoms. The quantitative estimate of drug-likeness (QED) is 0.720. The highest BCUT2D eigenvalue weighted by atomic mass is 35.5. The van der Waals surface area contributed by atoms with Crippen molar-refractivity contribution in [3.63, 3.8) is 0 Å². The topological polar surface area (TPSA) is 72.8 Å². The van der Waals surface area contributed by atoms with Crippen molar-refractivity contribution in [2.75, 3.05) is 23.3 Å². The second kappa shape index (κ2) is 6.99. The van der Waals surface area contributed by atoms with Crippen LogP contribution in [0.2, 0.25) is 10.0 Å². The van der Waals surface area contributed by atoms with Crippen molar-refractivity contribution in [2.24, 2.45) is 0 Å². The standard InChI is InChI=1S/C20H20Cl2N2O3/c21-14-7-8-15(22)18-17(14)20(27,19(26)23-18)11-16(25)12-3-5-13(6-4-12)24-9-1-2-10-24/h3-8,16,25,27H,1-2,9-11H2,(H,23,26)/t16?,20-/m1/s1. The van der Waals surface area contributed by atoms with Crippen LogP contribution < -0.4 is 10.2 Å². The molecule has 0 radical (unpaired) electrons. The molecule has 3 N–H and O–H groups in total. The van der Waals surface area contributed by atoms with Gasteiger partial charge in [-0.3, -0.25) is 4.79 Å². The molecule has 2 atom stereocenters. The number of halogens is 2. The van der Waals surface area contributed by atoms with E-state index in [1.807, 2.05) is 24.3 Å². The average Bonchev–Trinajstić information content (AvgIpc) is 3.27. The summed E-state index contributed by atoms with van der Waals surface area (Å²) in [6.45, 7) is 2.08. The zero-order valence-corrected chi connectivity index (χ0v) is 16.1. The highest BCUT2D eigenvalue weighted by molar-refractivity contribution is 6.38. The number of anilines is 2. The van der Waals surface area contributed by atoms with E-state index in [1.165, 1.54) is 18.9 Å². The lowest BCUT2D eigenvalue weighted by molar-refractivity contribution is -0.137. The zero-order valence-electron chi connectivity index (χ0n) is 14.6. The van der Waals surface area contributed by atoms with Crippen LogP contribution in [-0.2, 0) is 10.4 Å². The Kier molecular flexibility index (Phi) is 4.80. The molecule has 0 bridgehead atoms. The van der Waals surface area contributed by atoms with Crippen LogP contribution in [0.15, 0.2) is 36.4 Å². The average molecular weight is 407 g/mol. The number of nitrogens with zero attached hydrogens (tertiary/aromatic N) is 1. The third-order valence-electron chi connectivity index (χ3n) is 5.37. The first-order chi connectivity index (χ1) is 12.9. The molecule has 142 valence electrons. The summed E-state index contributed by atoms with van der Waals surface area (Å²) in [5, 5.41) is 24.8. The van der Waals surface area contributed by atoms with Gasteiger partial charge in [-0.1, -0.05) is 35.3 Å². The zero-order chi connectivity index (χ0) is 19.2. The first-order valence-corrected chi connectivity index (χ1v) is 9.71. The van der Waals surface area contributed by atoms with Gasteiger partial charge in [0.05, 0.1) is 16.8 Å². The molecule has 4 rings (SSSR count). The van der Waals surface area contributed by atoms with Crippen LogP contribution >= 0.6 is 23.2 Å². The Balaban J connectivity index is 1.59. The van der Waals surface area contributed by atoms with Crippen molar-refractivity contribution in [3.8, 4) is 0 Å². The minimum atomic E-state index is -1.94. The molecule has 1 saturated heterocycles. The molecule has 2 aliphatic rings. The van der Waals surface area contributed by atoms with E-state index in [0.29, 0.717) is 16.3 Å². The Morgan fingerprint density at radius 3 is 2.37 bits per heavy atom. The smallest absolute Gasteiger partial charge is 0.261 e. The van der Waals surface area contributed by atoms with Crippen LogP contribution in [0.5, 0.6) is 0 Å². The Hall–Kier alpha value is -1.79. The van der Waals surface area contributed by atoms with Gasteiger partial charge in [-0.2, -0.15) is 0 Å². The van der Waals surface area contributed by atoms with Gasteiger partial charge in [-0.05, 0) is 42.7 Å². The number of fused-ring (bicyclic) bond motifs is 1. The van der Waals surface area contributed by atoms with Crippen molar-refractivity contribution < 1.29 is 15.0 Å². The van der Waals surface area contributed by atoms with Gasteiger partial charge in [0.15, 0.2) is 5.60 Å². The molecule has 0 aliphatic carbocycles. The van der Waals surface area contributed by atoms with E-state index in [1.54, 1.807) is 6.07 Å². The number of carbonyl (C=O) groups is 1. The monoisotopic (exact) mass is 406 g/mol. The number of aliphatic hydroxyl groups excluding tert-OH is 1. The normalized spacial score (nSPS) is 22.7. The Morgan fingerprint density at radius 1 is 1.07 bits per heavy atom. The number of amides is 1. The van der Waals surface area contributed by atoms with Gasteiger partial charge in [0.25, 0.3) is 5.91 Å². The Bertz CT molecular complexity index is 882. The molecule has 2 heterocycles. The summed E-state index contributed by atoms with van der Waals surface area (Å²) in [6.07, 6.45) is 1.13. The second-order valence-electron chi connectivity index (χ2n) is 7.10. The fraction of sp³-hybridized carbons (Fsp3) is 0.350. The molecule has 1 amide bonds. The van der Waals surface area contributed by atoms with Crippen molar-refractivity contribution in [2.45, 2.75) is 31.0 Å². The number of hydrogen-bond donors (Lipinski definition) is 3. The number of carbonyl (C=O) groups excluding carboxylic acids is 1. The predicted octanol–water partition coefficient (Wildman–Crippen LogP) is 3.86. The molecule has 27 heavy (non-hydrogen) atoms. The van der Waals surface area contributed by atoms with E-state index in [-0.39, 0.29) is 17.0 Å². The van der Waals surface area contributed by atoms with Gasteiger partial charge >= 0.3 is 0 Å². The third-order valence-corrected chi connectivity index (χ3v) is 6.00. The fourth-order valence-corrected chi connectivity index (χ4v) is 4.40. The Labute approximate surface area is 167 Å². The molecule has 2 aromatic rings. The first-order valence-electron chi connectivity index (χ1n) is 8.95. The van der Waals surface area contributed by atoms with Gasteiger partial charge in [-0.15, -0.1) is 0 Å². The first kappa shape index (κ1) is 18.6.